The maximum absolute atomic E-state index is 11.1. The summed E-state index contributed by atoms with van der Waals surface area (Å²) in [4.78, 5) is 11.1. The zero-order valence-electron chi connectivity index (χ0n) is 9.99. The summed E-state index contributed by atoms with van der Waals surface area (Å²) in [6, 6.07) is 5.78. The van der Waals surface area contributed by atoms with Crippen LogP contribution in [0.5, 0.6) is 11.5 Å². The van der Waals surface area contributed by atoms with Gasteiger partial charge in [0.15, 0.2) is 11.5 Å². The van der Waals surface area contributed by atoms with Crippen molar-refractivity contribution >= 4 is 5.78 Å². The van der Waals surface area contributed by atoms with E-state index in [-0.39, 0.29) is 11.2 Å². The van der Waals surface area contributed by atoms with Crippen LogP contribution in [0.3, 0.4) is 0 Å². The Bertz CT molecular complexity index is 461. The molecule has 2 aliphatic rings. The highest BCUT2D eigenvalue weighted by atomic mass is 16.5. The topological polar surface area (TPSA) is 35.5 Å². The van der Waals surface area contributed by atoms with Crippen molar-refractivity contribution in [3.63, 3.8) is 0 Å². The molecule has 0 atom stereocenters. The molecular weight excluding hydrogens is 216 g/mol. The second-order valence-electron chi connectivity index (χ2n) is 5.24. The van der Waals surface area contributed by atoms with Gasteiger partial charge in [-0.2, -0.15) is 0 Å². The van der Waals surface area contributed by atoms with Gasteiger partial charge >= 0.3 is 0 Å². The molecule has 3 rings (SSSR count). The molecule has 0 N–H and O–H groups in total. The van der Waals surface area contributed by atoms with E-state index < -0.39 is 0 Å². The molecule has 1 heterocycles. The molecule has 0 bridgehead atoms. The van der Waals surface area contributed by atoms with Gasteiger partial charge in [0.25, 0.3) is 0 Å². The molecule has 1 fully saturated rings. The third kappa shape index (κ3) is 2.14. The Hall–Kier alpha value is -1.51. The highest BCUT2D eigenvalue weighted by Gasteiger charge is 2.46. The first-order valence-electron chi connectivity index (χ1n) is 6.05. The number of carbonyl (C=O) groups is 1. The van der Waals surface area contributed by atoms with Gasteiger partial charge in [-0.15, -0.1) is 0 Å². The SMILES string of the molecule is CC(=O)Cc1ccc2c(c1)OCC1(CC1)CO2. The number of benzene rings is 1. The smallest absolute Gasteiger partial charge is 0.161 e. The zero-order chi connectivity index (χ0) is 11.9. The molecule has 1 aliphatic carbocycles. The van der Waals surface area contributed by atoms with E-state index in [1.807, 2.05) is 18.2 Å². The van der Waals surface area contributed by atoms with Crippen LogP contribution in [0.15, 0.2) is 18.2 Å². The van der Waals surface area contributed by atoms with Gasteiger partial charge < -0.3 is 9.47 Å². The van der Waals surface area contributed by atoms with E-state index in [0.717, 1.165) is 30.3 Å². The lowest BCUT2D eigenvalue weighted by atomic mass is 10.1. The molecule has 0 unspecified atom stereocenters. The van der Waals surface area contributed by atoms with Gasteiger partial charge in [-0.05, 0) is 37.5 Å². The van der Waals surface area contributed by atoms with Gasteiger partial charge in [0.2, 0.25) is 0 Å². The summed E-state index contributed by atoms with van der Waals surface area (Å²) >= 11 is 0. The van der Waals surface area contributed by atoms with Crippen LogP contribution in [-0.4, -0.2) is 19.0 Å². The summed E-state index contributed by atoms with van der Waals surface area (Å²) in [5.74, 6) is 1.76. The Morgan fingerprint density at radius 2 is 1.94 bits per heavy atom. The lowest BCUT2D eigenvalue weighted by Crippen LogP contribution is -2.17. The van der Waals surface area contributed by atoms with Crippen LogP contribution in [0.1, 0.15) is 25.3 Å². The van der Waals surface area contributed by atoms with Crippen molar-refractivity contribution in [1.29, 1.82) is 0 Å². The van der Waals surface area contributed by atoms with Crippen molar-refractivity contribution in [1.82, 2.24) is 0 Å². The quantitative estimate of drug-likeness (QED) is 0.785. The first kappa shape index (κ1) is 10.6. The fourth-order valence-corrected chi connectivity index (χ4v) is 2.15. The van der Waals surface area contributed by atoms with Crippen LogP contribution in [0, 0.1) is 5.41 Å². The van der Waals surface area contributed by atoms with E-state index in [1.54, 1.807) is 6.92 Å². The maximum atomic E-state index is 11.1. The van der Waals surface area contributed by atoms with E-state index in [1.165, 1.54) is 12.8 Å². The number of ketones is 1. The standard InChI is InChI=1S/C14H16O3/c1-10(15)6-11-2-3-12-13(7-11)17-9-14(4-5-14)8-16-12/h2-3,7H,4-6,8-9H2,1H3. The van der Waals surface area contributed by atoms with Crippen molar-refractivity contribution < 1.29 is 14.3 Å². The molecule has 3 heteroatoms. The van der Waals surface area contributed by atoms with E-state index in [2.05, 4.69) is 0 Å². The lowest BCUT2D eigenvalue weighted by Gasteiger charge is -2.08. The molecule has 0 aromatic heterocycles. The van der Waals surface area contributed by atoms with Crippen LogP contribution in [0.4, 0.5) is 0 Å². The van der Waals surface area contributed by atoms with Crippen molar-refractivity contribution in [3.05, 3.63) is 23.8 Å². The number of ether oxygens (including phenoxy) is 2. The number of Topliss-reactive ketones (excluding diaryl/α,β-unsaturated/α-hetero) is 1. The van der Waals surface area contributed by atoms with E-state index in [9.17, 15) is 4.79 Å². The second-order valence-corrected chi connectivity index (χ2v) is 5.24. The fraction of sp³-hybridized carbons (Fsp3) is 0.500. The molecule has 1 aromatic carbocycles. The normalized spacial score (nSPS) is 19.8. The summed E-state index contributed by atoms with van der Waals surface area (Å²) in [5.41, 5.74) is 1.26. The van der Waals surface area contributed by atoms with Gasteiger partial charge in [-0.3, -0.25) is 4.79 Å². The Labute approximate surface area is 101 Å². The molecule has 90 valence electrons. The van der Waals surface area contributed by atoms with Crippen LogP contribution in [0.2, 0.25) is 0 Å². The van der Waals surface area contributed by atoms with Crippen LogP contribution >= 0.6 is 0 Å². The largest absolute Gasteiger partial charge is 0.489 e. The lowest BCUT2D eigenvalue weighted by molar-refractivity contribution is -0.116. The molecule has 0 saturated heterocycles. The number of fused-ring (bicyclic) bond motifs is 1. The molecule has 0 amide bonds. The first-order valence-corrected chi connectivity index (χ1v) is 6.05. The summed E-state index contributed by atoms with van der Waals surface area (Å²) in [7, 11) is 0. The molecule has 1 spiro atoms. The second kappa shape index (κ2) is 3.76. The number of hydrogen-bond donors (Lipinski definition) is 0. The maximum Gasteiger partial charge on any atom is 0.161 e. The van der Waals surface area contributed by atoms with Crippen molar-refractivity contribution in [2.75, 3.05) is 13.2 Å². The minimum absolute atomic E-state index is 0.165. The van der Waals surface area contributed by atoms with Gasteiger partial charge in [0, 0.05) is 11.8 Å². The predicted molar refractivity (Wildman–Crippen MR) is 63.5 cm³/mol. The average Bonchev–Trinajstić information content (AvgIpc) is 3.07. The summed E-state index contributed by atoms with van der Waals surface area (Å²) < 4.78 is 11.6. The number of rotatable bonds is 2. The van der Waals surface area contributed by atoms with Gasteiger partial charge in [0.1, 0.15) is 5.78 Å². The minimum atomic E-state index is 0.165. The Balaban J connectivity index is 1.83. The molecule has 3 nitrogen and oxygen atoms in total. The van der Waals surface area contributed by atoms with Crippen LogP contribution in [-0.2, 0) is 11.2 Å². The highest BCUT2D eigenvalue weighted by Crippen LogP contribution is 2.49. The monoisotopic (exact) mass is 232 g/mol. The fourth-order valence-electron chi connectivity index (χ4n) is 2.15. The first-order chi connectivity index (χ1) is 8.17. The third-order valence-corrected chi connectivity index (χ3v) is 3.49. The molecule has 1 aromatic rings. The zero-order valence-corrected chi connectivity index (χ0v) is 9.99. The summed E-state index contributed by atoms with van der Waals surface area (Å²) in [6.07, 6.45) is 2.85. The Kier molecular flexibility index (Phi) is 2.35. The van der Waals surface area contributed by atoms with Crippen LogP contribution in [0.25, 0.3) is 0 Å². The van der Waals surface area contributed by atoms with Crippen molar-refractivity contribution in [3.8, 4) is 11.5 Å². The van der Waals surface area contributed by atoms with E-state index in [0.29, 0.717) is 6.42 Å². The van der Waals surface area contributed by atoms with E-state index in [4.69, 9.17) is 9.47 Å². The highest BCUT2D eigenvalue weighted by molar-refractivity contribution is 5.78. The number of hydrogen-bond acceptors (Lipinski definition) is 3. The van der Waals surface area contributed by atoms with Crippen molar-refractivity contribution in [2.24, 2.45) is 5.41 Å². The Morgan fingerprint density at radius 1 is 1.24 bits per heavy atom. The van der Waals surface area contributed by atoms with Gasteiger partial charge in [0.05, 0.1) is 13.2 Å². The van der Waals surface area contributed by atoms with Gasteiger partial charge in [-0.1, -0.05) is 6.07 Å². The minimum Gasteiger partial charge on any atom is -0.489 e. The molecule has 1 aliphatic heterocycles. The van der Waals surface area contributed by atoms with Crippen molar-refractivity contribution in [2.45, 2.75) is 26.2 Å². The predicted octanol–water partition coefficient (Wildman–Crippen LogP) is 2.37. The average molecular weight is 232 g/mol. The molecule has 1 saturated carbocycles. The Morgan fingerprint density at radius 3 is 2.59 bits per heavy atom. The summed E-state index contributed by atoms with van der Waals surface area (Å²) in [5, 5.41) is 0. The third-order valence-electron chi connectivity index (χ3n) is 3.49. The number of carbonyl (C=O) groups excluding carboxylic acids is 1. The molecule has 17 heavy (non-hydrogen) atoms. The van der Waals surface area contributed by atoms with Gasteiger partial charge in [-0.25, -0.2) is 0 Å². The summed E-state index contributed by atoms with van der Waals surface area (Å²) in [6.45, 7) is 3.10. The molecule has 0 radical (unpaired) electrons. The molecular formula is C14H16O3. The van der Waals surface area contributed by atoms with Crippen LogP contribution < -0.4 is 9.47 Å². The van der Waals surface area contributed by atoms with E-state index >= 15 is 0 Å².